The zero-order chi connectivity index (χ0) is 16.2. The van der Waals surface area contributed by atoms with Gasteiger partial charge in [0.25, 0.3) is 0 Å². The molecule has 0 unspecified atom stereocenters. The SMILES string of the molecule is CC(C)(C)OC(=O)N1CCN(Cc2ccc(CN)cc2)CC1. The predicted molar refractivity (Wildman–Crippen MR) is 87.4 cm³/mol. The van der Waals surface area contributed by atoms with Gasteiger partial charge in [-0.1, -0.05) is 24.3 Å². The van der Waals surface area contributed by atoms with Crippen LogP contribution in [0.3, 0.4) is 0 Å². The molecule has 122 valence electrons. The summed E-state index contributed by atoms with van der Waals surface area (Å²) in [4.78, 5) is 16.2. The lowest BCUT2D eigenvalue weighted by Gasteiger charge is -2.35. The zero-order valence-corrected chi connectivity index (χ0v) is 13.8. The number of carbonyl (C=O) groups excluding carboxylic acids is 1. The molecule has 22 heavy (non-hydrogen) atoms. The van der Waals surface area contributed by atoms with Crippen LogP contribution in [0, 0.1) is 0 Å². The normalized spacial score (nSPS) is 16.6. The summed E-state index contributed by atoms with van der Waals surface area (Å²) < 4.78 is 5.41. The number of rotatable bonds is 3. The van der Waals surface area contributed by atoms with Crippen LogP contribution in [0.25, 0.3) is 0 Å². The number of piperazine rings is 1. The quantitative estimate of drug-likeness (QED) is 0.930. The third-order valence-corrected chi connectivity index (χ3v) is 3.69. The highest BCUT2D eigenvalue weighted by Crippen LogP contribution is 2.13. The number of benzene rings is 1. The summed E-state index contributed by atoms with van der Waals surface area (Å²) in [6.07, 6.45) is -0.209. The second kappa shape index (κ2) is 7.11. The van der Waals surface area contributed by atoms with Gasteiger partial charge in [0.15, 0.2) is 0 Å². The van der Waals surface area contributed by atoms with Gasteiger partial charge in [-0.3, -0.25) is 4.90 Å². The molecule has 0 bridgehead atoms. The number of amides is 1. The second-order valence-electron chi connectivity index (χ2n) is 6.76. The minimum Gasteiger partial charge on any atom is -0.444 e. The van der Waals surface area contributed by atoms with Gasteiger partial charge in [0.2, 0.25) is 0 Å². The molecular formula is C17H27N3O2. The Morgan fingerprint density at radius 3 is 2.14 bits per heavy atom. The van der Waals surface area contributed by atoms with E-state index in [1.165, 1.54) is 5.56 Å². The Morgan fingerprint density at radius 1 is 1.09 bits per heavy atom. The monoisotopic (exact) mass is 305 g/mol. The summed E-state index contributed by atoms with van der Waals surface area (Å²) in [5.41, 5.74) is 7.61. The zero-order valence-electron chi connectivity index (χ0n) is 13.8. The molecule has 1 heterocycles. The summed E-state index contributed by atoms with van der Waals surface area (Å²) in [7, 11) is 0. The van der Waals surface area contributed by atoms with Crippen LogP contribution in [-0.4, -0.2) is 47.7 Å². The molecule has 2 rings (SSSR count). The van der Waals surface area contributed by atoms with Crippen molar-refractivity contribution in [2.24, 2.45) is 5.73 Å². The largest absolute Gasteiger partial charge is 0.444 e. The molecule has 5 nitrogen and oxygen atoms in total. The van der Waals surface area contributed by atoms with Crippen molar-refractivity contribution in [3.63, 3.8) is 0 Å². The summed E-state index contributed by atoms with van der Waals surface area (Å²) in [6.45, 7) is 10.4. The Bertz CT molecular complexity index is 486. The van der Waals surface area contributed by atoms with Gasteiger partial charge in [-0.05, 0) is 31.9 Å². The average molecular weight is 305 g/mol. The van der Waals surface area contributed by atoms with Crippen LogP contribution in [0.15, 0.2) is 24.3 Å². The van der Waals surface area contributed by atoms with Crippen molar-refractivity contribution in [1.82, 2.24) is 9.80 Å². The fraction of sp³-hybridized carbons (Fsp3) is 0.588. The van der Waals surface area contributed by atoms with E-state index in [4.69, 9.17) is 10.5 Å². The minimum atomic E-state index is -0.432. The van der Waals surface area contributed by atoms with Gasteiger partial charge in [-0.2, -0.15) is 0 Å². The van der Waals surface area contributed by atoms with Gasteiger partial charge < -0.3 is 15.4 Å². The van der Waals surface area contributed by atoms with Crippen molar-refractivity contribution in [2.45, 2.75) is 39.5 Å². The molecule has 0 atom stereocenters. The van der Waals surface area contributed by atoms with Crippen LogP contribution in [0.1, 0.15) is 31.9 Å². The van der Waals surface area contributed by atoms with Gasteiger partial charge in [0, 0.05) is 39.3 Å². The summed E-state index contributed by atoms with van der Waals surface area (Å²) in [5, 5.41) is 0. The van der Waals surface area contributed by atoms with E-state index >= 15 is 0 Å². The average Bonchev–Trinajstić information content (AvgIpc) is 2.47. The van der Waals surface area contributed by atoms with Crippen LogP contribution in [0.4, 0.5) is 4.79 Å². The molecule has 1 aromatic carbocycles. The van der Waals surface area contributed by atoms with Gasteiger partial charge in [-0.15, -0.1) is 0 Å². The van der Waals surface area contributed by atoms with E-state index in [0.29, 0.717) is 6.54 Å². The maximum absolute atomic E-state index is 12.0. The van der Waals surface area contributed by atoms with E-state index in [9.17, 15) is 4.79 Å². The molecule has 0 radical (unpaired) electrons. The lowest BCUT2D eigenvalue weighted by molar-refractivity contribution is 0.0139. The van der Waals surface area contributed by atoms with Crippen LogP contribution in [-0.2, 0) is 17.8 Å². The van der Waals surface area contributed by atoms with Crippen molar-refractivity contribution in [1.29, 1.82) is 0 Å². The smallest absolute Gasteiger partial charge is 0.410 e. The molecule has 0 aliphatic carbocycles. The van der Waals surface area contributed by atoms with Crippen molar-refractivity contribution >= 4 is 6.09 Å². The van der Waals surface area contributed by atoms with E-state index < -0.39 is 5.60 Å². The van der Waals surface area contributed by atoms with Crippen molar-refractivity contribution in [3.05, 3.63) is 35.4 Å². The summed E-state index contributed by atoms with van der Waals surface area (Å²) in [5.74, 6) is 0. The maximum Gasteiger partial charge on any atom is 0.410 e. The van der Waals surface area contributed by atoms with Crippen LogP contribution < -0.4 is 5.73 Å². The minimum absolute atomic E-state index is 0.209. The van der Waals surface area contributed by atoms with Crippen molar-refractivity contribution in [3.8, 4) is 0 Å². The molecule has 1 amide bonds. The third-order valence-electron chi connectivity index (χ3n) is 3.69. The van der Waals surface area contributed by atoms with E-state index in [1.54, 1.807) is 4.90 Å². The fourth-order valence-electron chi connectivity index (χ4n) is 2.45. The van der Waals surface area contributed by atoms with Crippen molar-refractivity contribution in [2.75, 3.05) is 26.2 Å². The lowest BCUT2D eigenvalue weighted by atomic mass is 10.1. The standard InChI is InChI=1S/C17H27N3O2/c1-17(2,3)22-16(21)20-10-8-19(9-11-20)13-15-6-4-14(12-18)5-7-15/h4-7H,8-13,18H2,1-3H3. The highest BCUT2D eigenvalue weighted by atomic mass is 16.6. The Kier molecular flexibility index (Phi) is 5.42. The predicted octanol–water partition coefficient (Wildman–Crippen LogP) is 2.20. The van der Waals surface area contributed by atoms with E-state index in [0.717, 1.165) is 38.3 Å². The first kappa shape index (κ1) is 16.8. The molecule has 0 saturated carbocycles. The summed E-state index contributed by atoms with van der Waals surface area (Å²) in [6, 6.07) is 8.41. The lowest BCUT2D eigenvalue weighted by Crippen LogP contribution is -2.49. The Labute approximate surface area is 133 Å². The molecular weight excluding hydrogens is 278 g/mol. The van der Waals surface area contributed by atoms with Crippen LogP contribution >= 0.6 is 0 Å². The van der Waals surface area contributed by atoms with E-state index in [2.05, 4.69) is 29.2 Å². The Balaban J connectivity index is 1.80. The highest BCUT2D eigenvalue weighted by Gasteiger charge is 2.25. The first-order valence-corrected chi connectivity index (χ1v) is 7.85. The maximum atomic E-state index is 12.0. The Hall–Kier alpha value is -1.59. The molecule has 5 heteroatoms. The number of hydrogen-bond acceptors (Lipinski definition) is 4. The van der Waals surface area contributed by atoms with Gasteiger partial charge in [-0.25, -0.2) is 4.79 Å². The molecule has 0 spiro atoms. The number of carbonyl (C=O) groups is 1. The van der Waals surface area contributed by atoms with Gasteiger partial charge in [0.05, 0.1) is 0 Å². The number of nitrogens with zero attached hydrogens (tertiary/aromatic N) is 2. The first-order chi connectivity index (χ1) is 10.4. The first-order valence-electron chi connectivity index (χ1n) is 7.85. The molecule has 2 N–H and O–H groups in total. The molecule has 1 aromatic rings. The topological polar surface area (TPSA) is 58.8 Å². The van der Waals surface area contributed by atoms with Crippen molar-refractivity contribution < 1.29 is 9.53 Å². The second-order valence-corrected chi connectivity index (χ2v) is 6.76. The molecule has 1 fully saturated rings. The van der Waals surface area contributed by atoms with E-state index in [1.807, 2.05) is 20.8 Å². The highest BCUT2D eigenvalue weighted by molar-refractivity contribution is 5.68. The molecule has 1 aliphatic rings. The van der Waals surface area contributed by atoms with E-state index in [-0.39, 0.29) is 6.09 Å². The number of ether oxygens (including phenoxy) is 1. The van der Waals surface area contributed by atoms with Gasteiger partial charge in [0.1, 0.15) is 5.60 Å². The molecule has 1 saturated heterocycles. The summed E-state index contributed by atoms with van der Waals surface area (Å²) >= 11 is 0. The van der Waals surface area contributed by atoms with Crippen LogP contribution in [0.2, 0.25) is 0 Å². The fourth-order valence-corrected chi connectivity index (χ4v) is 2.45. The molecule has 0 aromatic heterocycles. The van der Waals surface area contributed by atoms with Gasteiger partial charge >= 0.3 is 6.09 Å². The number of hydrogen-bond donors (Lipinski definition) is 1. The third kappa shape index (κ3) is 5.00. The van der Waals surface area contributed by atoms with Crippen LogP contribution in [0.5, 0.6) is 0 Å². The molecule has 1 aliphatic heterocycles. The number of nitrogens with two attached hydrogens (primary N) is 1. The Morgan fingerprint density at radius 2 is 1.64 bits per heavy atom.